The molecule has 0 saturated heterocycles. The standard InChI is InChI=1S/C16H20Cl2N4S/c1-20(10-12-6-5-7-13(17)15(12)18)11-22-16(23)21-9-4-2-3-8-14(21)19-22/h5-7H,2-4,8-11H2,1H3. The van der Waals surface area contributed by atoms with E-state index in [-0.39, 0.29) is 0 Å². The first-order valence-electron chi connectivity index (χ1n) is 7.84. The number of nitrogens with zero attached hydrogens (tertiary/aromatic N) is 4. The summed E-state index contributed by atoms with van der Waals surface area (Å²) < 4.78 is 4.91. The maximum atomic E-state index is 6.27. The molecule has 0 aliphatic carbocycles. The molecule has 7 heteroatoms. The Morgan fingerprint density at radius 3 is 2.91 bits per heavy atom. The van der Waals surface area contributed by atoms with Crippen molar-refractivity contribution in [1.82, 2.24) is 19.2 Å². The molecule has 0 amide bonds. The molecule has 0 saturated carbocycles. The second kappa shape index (κ2) is 7.34. The molecule has 0 fully saturated rings. The third-order valence-corrected chi connectivity index (χ3v) is 5.42. The lowest BCUT2D eigenvalue weighted by Gasteiger charge is -2.17. The summed E-state index contributed by atoms with van der Waals surface area (Å²) in [6.45, 7) is 2.32. The van der Waals surface area contributed by atoms with Crippen molar-refractivity contribution in [3.05, 3.63) is 44.4 Å². The van der Waals surface area contributed by atoms with Crippen molar-refractivity contribution in [2.24, 2.45) is 0 Å². The molecule has 0 spiro atoms. The quantitative estimate of drug-likeness (QED) is 0.739. The second-order valence-electron chi connectivity index (χ2n) is 6.03. The fraction of sp³-hybridized carbons (Fsp3) is 0.500. The summed E-state index contributed by atoms with van der Waals surface area (Å²) >= 11 is 17.9. The Morgan fingerprint density at radius 2 is 2.09 bits per heavy atom. The molecule has 0 N–H and O–H groups in total. The Kier molecular flexibility index (Phi) is 5.42. The first-order valence-corrected chi connectivity index (χ1v) is 9.00. The van der Waals surface area contributed by atoms with Gasteiger partial charge in [0.1, 0.15) is 5.82 Å². The molecule has 3 rings (SSSR count). The van der Waals surface area contributed by atoms with Gasteiger partial charge in [-0.15, -0.1) is 0 Å². The highest BCUT2D eigenvalue weighted by Crippen LogP contribution is 2.26. The number of aryl methyl sites for hydroxylation is 1. The molecule has 0 unspecified atom stereocenters. The van der Waals surface area contributed by atoms with Gasteiger partial charge >= 0.3 is 0 Å². The molecule has 1 aromatic carbocycles. The number of benzene rings is 1. The van der Waals surface area contributed by atoms with Crippen LogP contribution in [0.25, 0.3) is 0 Å². The van der Waals surface area contributed by atoms with Crippen LogP contribution in [0.1, 0.15) is 30.7 Å². The largest absolute Gasteiger partial charge is 0.304 e. The van der Waals surface area contributed by atoms with Gasteiger partial charge in [0.05, 0.1) is 16.7 Å². The molecule has 124 valence electrons. The molecular formula is C16H20Cl2N4S. The van der Waals surface area contributed by atoms with E-state index in [2.05, 4.69) is 9.47 Å². The summed E-state index contributed by atoms with van der Waals surface area (Å²) in [5.74, 6) is 1.11. The third-order valence-electron chi connectivity index (χ3n) is 4.13. The number of rotatable bonds is 4. The number of hydrogen-bond donors (Lipinski definition) is 0. The van der Waals surface area contributed by atoms with Crippen LogP contribution in [-0.4, -0.2) is 26.3 Å². The minimum Gasteiger partial charge on any atom is -0.304 e. The maximum absolute atomic E-state index is 6.27. The average molecular weight is 371 g/mol. The zero-order chi connectivity index (χ0) is 16.4. The van der Waals surface area contributed by atoms with E-state index in [1.54, 1.807) is 6.07 Å². The normalized spacial score (nSPS) is 14.8. The Labute approximate surface area is 151 Å². The Hall–Kier alpha value is -0.880. The third kappa shape index (κ3) is 3.79. The van der Waals surface area contributed by atoms with Crippen LogP contribution >= 0.6 is 35.4 Å². The average Bonchev–Trinajstić information content (AvgIpc) is 2.69. The first-order chi connectivity index (χ1) is 11.1. The van der Waals surface area contributed by atoms with Gasteiger partial charge in [0, 0.05) is 19.5 Å². The molecule has 2 aromatic rings. The predicted molar refractivity (Wildman–Crippen MR) is 96.5 cm³/mol. The van der Waals surface area contributed by atoms with E-state index in [0.29, 0.717) is 23.3 Å². The van der Waals surface area contributed by atoms with Gasteiger partial charge in [0.2, 0.25) is 0 Å². The van der Waals surface area contributed by atoms with Crippen molar-refractivity contribution in [2.45, 2.75) is 45.4 Å². The van der Waals surface area contributed by atoms with Crippen molar-refractivity contribution in [3.8, 4) is 0 Å². The van der Waals surface area contributed by atoms with Gasteiger partial charge in [-0.2, -0.15) is 5.10 Å². The van der Waals surface area contributed by atoms with Crippen LogP contribution in [0, 0.1) is 4.77 Å². The van der Waals surface area contributed by atoms with Gasteiger partial charge in [-0.25, -0.2) is 4.68 Å². The van der Waals surface area contributed by atoms with Crippen molar-refractivity contribution < 1.29 is 0 Å². The van der Waals surface area contributed by atoms with Crippen molar-refractivity contribution >= 4 is 35.4 Å². The maximum Gasteiger partial charge on any atom is 0.199 e. The molecule has 23 heavy (non-hydrogen) atoms. The van der Waals surface area contributed by atoms with E-state index in [4.69, 9.17) is 40.5 Å². The molecule has 1 aliphatic heterocycles. The van der Waals surface area contributed by atoms with Crippen molar-refractivity contribution in [1.29, 1.82) is 0 Å². The van der Waals surface area contributed by atoms with E-state index in [0.717, 1.165) is 29.1 Å². The Bertz CT molecular complexity index is 753. The van der Waals surface area contributed by atoms with E-state index in [9.17, 15) is 0 Å². The summed E-state index contributed by atoms with van der Waals surface area (Å²) in [5, 5.41) is 5.91. The van der Waals surface area contributed by atoms with Gasteiger partial charge in [0.25, 0.3) is 0 Å². The minimum absolute atomic E-state index is 0.586. The van der Waals surface area contributed by atoms with Crippen LogP contribution in [0.15, 0.2) is 18.2 Å². The number of halogens is 2. The fourth-order valence-electron chi connectivity index (χ4n) is 2.96. The summed E-state index contributed by atoms with van der Waals surface area (Å²) in [7, 11) is 2.03. The van der Waals surface area contributed by atoms with E-state index < -0.39 is 0 Å². The lowest BCUT2D eigenvalue weighted by Crippen LogP contribution is -2.23. The molecular weight excluding hydrogens is 351 g/mol. The topological polar surface area (TPSA) is 26.0 Å². The highest BCUT2D eigenvalue weighted by atomic mass is 35.5. The van der Waals surface area contributed by atoms with Crippen molar-refractivity contribution in [3.63, 3.8) is 0 Å². The Morgan fingerprint density at radius 1 is 1.26 bits per heavy atom. The van der Waals surface area contributed by atoms with Gasteiger partial charge < -0.3 is 4.57 Å². The molecule has 0 atom stereocenters. The van der Waals surface area contributed by atoms with E-state index >= 15 is 0 Å². The van der Waals surface area contributed by atoms with E-state index in [1.165, 1.54) is 19.3 Å². The van der Waals surface area contributed by atoms with Crippen LogP contribution in [0.5, 0.6) is 0 Å². The molecule has 4 nitrogen and oxygen atoms in total. The highest BCUT2D eigenvalue weighted by Gasteiger charge is 2.15. The number of hydrogen-bond acceptors (Lipinski definition) is 3. The van der Waals surface area contributed by atoms with Crippen LogP contribution in [0.3, 0.4) is 0 Å². The van der Waals surface area contributed by atoms with Crippen molar-refractivity contribution in [2.75, 3.05) is 7.05 Å². The zero-order valence-corrected chi connectivity index (χ0v) is 15.5. The monoisotopic (exact) mass is 370 g/mol. The summed E-state index contributed by atoms with van der Waals surface area (Å²) in [5.41, 5.74) is 1.01. The molecule has 1 aromatic heterocycles. The van der Waals surface area contributed by atoms with E-state index in [1.807, 2.05) is 23.9 Å². The summed E-state index contributed by atoms with van der Waals surface area (Å²) in [4.78, 5) is 2.14. The number of fused-ring (bicyclic) bond motifs is 1. The zero-order valence-electron chi connectivity index (χ0n) is 13.1. The minimum atomic E-state index is 0.586. The Balaban J connectivity index is 1.74. The summed E-state index contributed by atoms with van der Waals surface area (Å²) in [6.07, 6.45) is 4.65. The number of aromatic nitrogens is 3. The second-order valence-corrected chi connectivity index (χ2v) is 7.18. The highest BCUT2D eigenvalue weighted by molar-refractivity contribution is 7.71. The molecule has 0 bridgehead atoms. The SMILES string of the molecule is CN(Cc1cccc(Cl)c1Cl)Cn1nc2n(c1=S)CCCCC2. The van der Waals surface area contributed by atoms with Crippen LogP contribution in [0.4, 0.5) is 0 Å². The van der Waals surface area contributed by atoms with Gasteiger partial charge in [0.15, 0.2) is 4.77 Å². The van der Waals surface area contributed by atoms with Crippen LogP contribution < -0.4 is 0 Å². The van der Waals surface area contributed by atoms with Gasteiger partial charge in [-0.1, -0.05) is 41.8 Å². The lowest BCUT2D eigenvalue weighted by atomic mass is 10.2. The van der Waals surface area contributed by atoms with Crippen LogP contribution in [0.2, 0.25) is 10.0 Å². The molecule has 0 radical (unpaired) electrons. The van der Waals surface area contributed by atoms with Crippen LogP contribution in [-0.2, 0) is 26.2 Å². The van der Waals surface area contributed by atoms with Gasteiger partial charge in [-0.05, 0) is 43.7 Å². The molecule has 1 aliphatic rings. The smallest absolute Gasteiger partial charge is 0.199 e. The first kappa shape index (κ1) is 17.0. The fourth-order valence-corrected chi connectivity index (χ4v) is 3.63. The molecule has 2 heterocycles. The van der Waals surface area contributed by atoms with Gasteiger partial charge in [-0.3, -0.25) is 4.90 Å². The predicted octanol–water partition coefficient (Wildman–Crippen LogP) is 4.54. The summed E-state index contributed by atoms with van der Waals surface area (Å²) in [6, 6.07) is 5.71. The lowest BCUT2D eigenvalue weighted by molar-refractivity contribution is 0.243.